The van der Waals surface area contributed by atoms with Crippen molar-refractivity contribution in [2.45, 2.75) is 20.5 Å². The maximum absolute atomic E-state index is 13.8. The minimum absolute atomic E-state index is 0.0368. The first-order chi connectivity index (χ1) is 9.17. The predicted molar refractivity (Wildman–Crippen MR) is 74.0 cm³/mol. The van der Waals surface area contributed by atoms with E-state index in [9.17, 15) is 4.39 Å². The van der Waals surface area contributed by atoms with Gasteiger partial charge < -0.3 is 10.0 Å². The Morgan fingerprint density at radius 2 is 1.95 bits per heavy atom. The Bertz CT molecular complexity index is 572. The van der Waals surface area contributed by atoms with Crippen LogP contribution < -0.4 is 4.90 Å². The maximum Gasteiger partial charge on any atom is 0.146 e. The second-order valence-electron chi connectivity index (χ2n) is 4.27. The Kier molecular flexibility index (Phi) is 4.12. The Morgan fingerprint density at radius 1 is 1.21 bits per heavy atom. The number of aromatic nitrogens is 1. The van der Waals surface area contributed by atoms with Gasteiger partial charge in [0.25, 0.3) is 0 Å². The number of para-hydroxylation sites is 1. The van der Waals surface area contributed by atoms with Crippen LogP contribution in [0, 0.1) is 12.7 Å². The standard InChI is InChI=1S/C15H17FN2O/c1-3-18(14-7-5-4-6-13(14)16)15-9-8-12(10-19)11(2)17-15/h4-9,19H,3,10H2,1-2H3. The lowest BCUT2D eigenvalue weighted by Crippen LogP contribution is -2.19. The van der Waals surface area contributed by atoms with E-state index in [1.165, 1.54) is 6.07 Å². The normalized spacial score (nSPS) is 10.5. The molecule has 0 aliphatic heterocycles. The number of nitrogens with zero attached hydrogens (tertiary/aromatic N) is 2. The summed E-state index contributed by atoms with van der Waals surface area (Å²) in [6, 6.07) is 10.3. The topological polar surface area (TPSA) is 36.4 Å². The first-order valence-corrected chi connectivity index (χ1v) is 6.26. The van der Waals surface area contributed by atoms with Gasteiger partial charge in [0.05, 0.1) is 12.3 Å². The number of hydrogen-bond acceptors (Lipinski definition) is 3. The average Bonchev–Trinajstić information content (AvgIpc) is 2.42. The largest absolute Gasteiger partial charge is 0.392 e. The van der Waals surface area contributed by atoms with Crippen molar-refractivity contribution >= 4 is 11.5 Å². The van der Waals surface area contributed by atoms with Gasteiger partial charge in [-0.2, -0.15) is 0 Å². The van der Waals surface area contributed by atoms with Crippen molar-refractivity contribution in [2.75, 3.05) is 11.4 Å². The molecule has 0 spiro atoms. The zero-order chi connectivity index (χ0) is 13.8. The molecule has 0 saturated carbocycles. The van der Waals surface area contributed by atoms with Gasteiger partial charge in [0.15, 0.2) is 0 Å². The predicted octanol–water partition coefficient (Wildman–Crippen LogP) is 3.18. The van der Waals surface area contributed by atoms with E-state index in [4.69, 9.17) is 5.11 Å². The summed E-state index contributed by atoms with van der Waals surface area (Å²) < 4.78 is 13.8. The van der Waals surface area contributed by atoms with E-state index in [1.807, 2.05) is 24.8 Å². The van der Waals surface area contributed by atoms with Crippen LogP contribution in [0.4, 0.5) is 15.9 Å². The molecule has 1 N–H and O–H groups in total. The van der Waals surface area contributed by atoms with E-state index in [0.717, 1.165) is 11.3 Å². The number of hydrogen-bond donors (Lipinski definition) is 1. The van der Waals surface area contributed by atoms with Crippen LogP contribution >= 0.6 is 0 Å². The van der Waals surface area contributed by atoms with Crippen LogP contribution in [0.2, 0.25) is 0 Å². The van der Waals surface area contributed by atoms with Gasteiger partial charge in [-0.25, -0.2) is 9.37 Å². The lowest BCUT2D eigenvalue weighted by atomic mass is 10.2. The zero-order valence-corrected chi connectivity index (χ0v) is 11.1. The SMILES string of the molecule is CCN(c1ccc(CO)c(C)n1)c1ccccc1F. The minimum Gasteiger partial charge on any atom is -0.392 e. The lowest BCUT2D eigenvalue weighted by Gasteiger charge is -2.23. The molecule has 1 heterocycles. The quantitative estimate of drug-likeness (QED) is 0.917. The third kappa shape index (κ3) is 2.74. The summed E-state index contributed by atoms with van der Waals surface area (Å²) >= 11 is 0. The summed E-state index contributed by atoms with van der Waals surface area (Å²) in [6.45, 7) is 4.37. The van der Waals surface area contributed by atoms with Gasteiger partial charge in [-0.15, -0.1) is 0 Å². The summed E-state index contributed by atoms with van der Waals surface area (Å²) in [4.78, 5) is 6.24. The fraction of sp³-hybridized carbons (Fsp3) is 0.267. The van der Waals surface area contributed by atoms with Gasteiger partial charge >= 0.3 is 0 Å². The fourth-order valence-electron chi connectivity index (χ4n) is 2.02. The number of benzene rings is 1. The Hall–Kier alpha value is -1.94. The van der Waals surface area contributed by atoms with Crippen LogP contribution in [0.5, 0.6) is 0 Å². The summed E-state index contributed by atoms with van der Waals surface area (Å²) in [5, 5.41) is 9.15. The molecule has 0 radical (unpaired) electrons. The van der Waals surface area contributed by atoms with Crippen molar-refractivity contribution in [1.29, 1.82) is 0 Å². The van der Waals surface area contributed by atoms with Gasteiger partial charge in [0, 0.05) is 12.2 Å². The Labute approximate surface area is 112 Å². The second kappa shape index (κ2) is 5.80. The number of pyridine rings is 1. The number of rotatable bonds is 4. The summed E-state index contributed by atoms with van der Waals surface area (Å²) in [5.41, 5.74) is 2.05. The van der Waals surface area contributed by atoms with E-state index in [2.05, 4.69) is 4.98 Å². The van der Waals surface area contributed by atoms with Gasteiger partial charge in [0.1, 0.15) is 11.6 Å². The minimum atomic E-state index is -0.268. The van der Waals surface area contributed by atoms with E-state index in [1.54, 1.807) is 24.3 Å². The number of halogens is 1. The van der Waals surface area contributed by atoms with Crippen molar-refractivity contribution in [2.24, 2.45) is 0 Å². The van der Waals surface area contributed by atoms with Crippen molar-refractivity contribution in [3.63, 3.8) is 0 Å². The molecule has 0 amide bonds. The molecule has 0 aliphatic carbocycles. The van der Waals surface area contributed by atoms with E-state index in [-0.39, 0.29) is 12.4 Å². The first-order valence-electron chi connectivity index (χ1n) is 6.26. The third-order valence-corrected chi connectivity index (χ3v) is 3.09. The van der Waals surface area contributed by atoms with Crippen LogP contribution in [0.1, 0.15) is 18.2 Å². The van der Waals surface area contributed by atoms with Crippen molar-refractivity contribution in [3.8, 4) is 0 Å². The monoisotopic (exact) mass is 260 g/mol. The fourth-order valence-corrected chi connectivity index (χ4v) is 2.02. The van der Waals surface area contributed by atoms with Crippen LogP contribution in [0.3, 0.4) is 0 Å². The van der Waals surface area contributed by atoms with Crippen molar-refractivity contribution in [3.05, 3.63) is 53.5 Å². The highest BCUT2D eigenvalue weighted by Gasteiger charge is 2.13. The molecule has 4 heteroatoms. The van der Waals surface area contributed by atoms with E-state index < -0.39 is 0 Å². The number of aliphatic hydroxyl groups excluding tert-OH is 1. The molecule has 0 saturated heterocycles. The Balaban J connectivity index is 2.43. The Morgan fingerprint density at radius 3 is 2.53 bits per heavy atom. The summed E-state index contributed by atoms with van der Waals surface area (Å²) in [5.74, 6) is 0.414. The average molecular weight is 260 g/mol. The van der Waals surface area contributed by atoms with Crippen LogP contribution in [-0.2, 0) is 6.61 Å². The van der Waals surface area contributed by atoms with Crippen LogP contribution in [-0.4, -0.2) is 16.6 Å². The molecule has 2 rings (SSSR count). The molecule has 2 aromatic rings. The third-order valence-electron chi connectivity index (χ3n) is 3.09. The molecule has 1 aromatic carbocycles. The molecule has 0 atom stereocenters. The van der Waals surface area contributed by atoms with E-state index >= 15 is 0 Å². The molecule has 0 fully saturated rings. The smallest absolute Gasteiger partial charge is 0.146 e. The molecule has 100 valence electrons. The maximum atomic E-state index is 13.8. The van der Waals surface area contributed by atoms with Gasteiger partial charge in [-0.05, 0) is 37.6 Å². The summed E-state index contributed by atoms with van der Waals surface area (Å²) in [7, 11) is 0. The highest BCUT2D eigenvalue weighted by molar-refractivity contribution is 5.60. The zero-order valence-electron chi connectivity index (χ0n) is 11.1. The number of aliphatic hydroxyl groups is 1. The molecule has 0 aliphatic rings. The molecular weight excluding hydrogens is 243 g/mol. The van der Waals surface area contributed by atoms with Gasteiger partial charge in [-0.3, -0.25) is 0 Å². The molecular formula is C15H17FN2O. The summed E-state index contributed by atoms with van der Waals surface area (Å²) in [6.07, 6.45) is 0. The van der Waals surface area contributed by atoms with Crippen LogP contribution in [0.15, 0.2) is 36.4 Å². The highest BCUT2D eigenvalue weighted by atomic mass is 19.1. The van der Waals surface area contributed by atoms with E-state index in [0.29, 0.717) is 18.1 Å². The molecule has 0 unspecified atom stereocenters. The van der Waals surface area contributed by atoms with Crippen LogP contribution in [0.25, 0.3) is 0 Å². The second-order valence-corrected chi connectivity index (χ2v) is 4.27. The van der Waals surface area contributed by atoms with Gasteiger partial charge in [-0.1, -0.05) is 18.2 Å². The van der Waals surface area contributed by atoms with Crippen molar-refractivity contribution < 1.29 is 9.50 Å². The highest BCUT2D eigenvalue weighted by Crippen LogP contribution is 2.26. The van der Waals surface area contributed by atoms with Gasteiger partial charge in [0.2, 0.25) is 0 Å². The molecule has 0 bridgehead atoms. The number of aryl methyl sites for hydroxylation is 1. The molecule has 1 aromatic heterocycles. The molecule has 3 nitrogen and oxygen atoms in total. The lowest BCUT2D eigenvalue weighted by molar-refractivity contribution is 0.280. The van der Waals surface area contributed by atoms with Crippen molar-refractivity contribution in [1.82, 2.24) is 4.98 Å². The number of anilines is 2. The first kappa shape index (κ1) is 13.5. The molecule has 19 heavy (non-hydrogen) atoms.